The Hall–Kier alpha value is -2.85. The molecular weight excluding hydrogens is 436 g/mol. The molecule has 2 heterocycles. The molecule has 1 aromatic carbocycles. The maximum atomic E-state index is 13.6. The molecule has 2 aromatic heterocycles. The molecular formula is C17H11Cl2F3N4O3. The van der Waals surface area contributed by atoms with E-state index >= 15 is 0 Å². The minimum absolute atomic E-state index is 0.0407. The number of methoxy groups -OCH3 is 1. The monoisotopic (exact) mass is 446 g/mol. The number of hydrogen-bond donors (Lipinski definition) is 1. The maximum absolute atomic E-state index is 13.6. The highest BCUT2D eigenvalue weighted by Gasteiger charge is 2.39. The molecule has 0 aliphatic heterocycles. The van der Waals surface area contributed by atoms with Crippen LogP contribution in [0.3, 0.4) is 0 Å². The van der Waals surface area contributed by atoms with Crippen molar-refractivity contribution in [1.29, 1.82) is 0 Å². The van der Waals surface area contributed by atoms with E-state index in [1.807, 2.05) is 0 Å². The van der Waals surface area contributed by atoms with Crippen LogP contribution in [-0.4, -0.2) is 27.0 Å². The molecule has 0 saturated carbocycles. The molecule has 3 rings (SSSR count). The normalized spacial score (nSPS) is 11.4. The first-order valence-corrected chi connectivity index (χ1v) is 8.58. The van der Waals surface area contributed by atoms with Gasteiger partial charge in [0.05, 0.1) is 17.2 Å². The fourth-order valence-electron chi connectivity index (χ4n) is 2.26. The highest BCUT2D eigenvalue weighted by Crippen LogP contribution is 2.36. The van der Waals surface area contributed by atoms with E-state index in [0.717, 1.165) is 0 Å². The Morgan fingerprint density at radius 2 is 1.79 bits per heavy atom. The van der Waals surface area contributed by atoms with E-state index in [9.17, 15) is 18.0 Å². The van der Waals surface area contributed by atoms with Gasteiger partial charge in [0, 0.05) is 17.8 Å². The Morgan fingerprint density at radius 3 is 2.41 bits per heavy atom. The second-order valence-electron chi connectivity index (χ2n) is 5.64. The number of nitrogens with zero attached hydrogens (tertiary/aromatic N) is 3. The molecule has 152 valence electrons. The van der Waals surface area contributed by atoms with Crippen molar-refractivity contribution in [2.75, 3.05) is 7.11 Å². The Bertz CT molecular complexity index is 1140. The van der Waals surface area contributed by atoms with Gasteiger partial charge in [0.15, 0.2) is 17.3 Å². The number of ether oxygens (including phenoxy) is 2. The summed E-state index contributed by atoms with van der Waals surface area (Å²) in [6.45, 7) is 1.58. The van der Waals surface area contributed by atoms with Crippen LogP contribution >= 0.6 is 23.2 Å². The van der Waals surface area contributed by atoms with Crippen LogP contribution in [0.5, 0.6) is 17.4 Å². The molecule has 0 aliphatic rings. The Morgan fingerprint density at radius 1 is 1.07 bits per heavy atom. The summed E-state index contributed by atoms with van der Waals surface area (Å²) < 4.78 is 50.9. The van der Waals surface area contributed by atoms with Crippen LogP contribution in [0.4, 0.5) is 13.2 Å². The second kappa shape index (κ2) is 7.88. The lowest BCUT2D eigenvalue weighted by molar-refractivity contribution is -0.142. The van der Waals surface area contributed by atoms with Crippen molar-refractivity contribution in [3.05, 3.63) is 56.1 Å². The highest BCUT2D eigenvalue weighted by atomic mass is 35.5. The lowest BCUT2D eigenvalue weighted by atomic mass is 10.3. The largest absolute Gasteiger partial charge is 0.481 e. The number of aromatic amines is 1. The second-order valence-corrected chi connectivity index (χ2v) is 6.46. The zero-order chi connectivity index (χ0) is 21.3. The van der Waals surface area contributed by atoms with E-state index < -0.39 is 29.0 Å². The predicted molar refractivity (Wildman–Crippen MR) is 98.7 cm³/mol. The fraction of sp³-hybridized carbons (Fsp3) is 0.176. The standard InChI is InChI=1S/C17H11Cl2F3N4O3/c1-7-5-11(28-2)24-14(23-7)15-25-13(17(20,21)22)12(16(27)26-15)29-8-3-4-9(18)10(19)6-8/h3-6H,1-2H3,(H,25,26,27). The van der Waals surface area contributed by atoms with Crippen LogP contribution in [0.2, 0.25) is 10.0 Å². The predicted octanol–water partition coefficient (Wildman–Crippen LogP) is 4.66. The third-order valence-electron chi connectivity index (χ3n) is 3.51. The van der Waals surface area contributed by atoms with Crippen LogP contribution in [0.25, 0.3) is 11.6 Å². The number of benzene rings is 1. The summed E-state index contributed by atoms with van der Waals surface area (Å²) in [7, 11) is 1.33. The molecule has 0 aliphatic carbocycles. The number of nitrogens with one attached hydrogen (secondary N) is 1. The van der Waals surface area contributed by atoms with Crippen molar-refractivity contribution < 1.29 is 22.6 Å². The van der Waals surface area contributed by atoms with Gasteiger partial charge in [-0.3, -0.25) is 4.79 Å². The van der Waals surface area contributed by atoms with E-state index in [4.69, 9.17) is 32.7 Å². The zero-order valence-electron chi connectivity index (χ0n) is 14.8. The zero-order valence-corrected chi connectivity index (χ0v) is 16.3. The number of aryl methyl sites for hydroxylation is 1. The first-order valence-electron chi connectivity index (χ1n) is 7.83. The number of rotatable bonds is 4. The van der Waals surface area contributed by atoms with Crippen LogP contribution < -0.4 is 15.0 Å². The van der Waals surface area contributed by atoms with Gasteiger partial charge in [0.2, 0.25) is 11.6 Å². The summed E-state index contributed by atoms with van der Waals surface area (Å²) in [5.41, 5.74) is -2.33. The van der Waals surface area contributed by atoms with Crippen LogP contribution in [0.1, 0.15) is 11.4 Å². The Kier molecular flexibility index (Phi) is 5.67. The number of hydrogen-bond acceptors (Lipinski definition) is 6. The molecule has 0 unspecified atom stereocenters. The molecule has 0 radical (unpaired) electrons. The van der Waals surface area contributed by atoms with Crippen molar-refractivity contribution in [3.63, 3.8) is 0 Å². The van der Waals surface area contributed by atoms with Gasteiger partial charge in [0.1, 0.15) is 5.75 Å². The van der Waals surface area contributed by atoms with E-state index in [1.165, 1.54) is 31.4 Å². The van der Waals surface area contributed by atoms with Gasteiger partial charge < -0.3 is 14.5 Å². The van der Waals surface area contributed by atoms with Crippen LogP contribution in [-0.2, 0) is 6.18 Å². The summed E-state index contributed by atoms with van der Waals surface area (Å²) in [5.74, 6) is -1.83. The maximum Gasteiger partial charge on any atom is 0.437 e. The molecule has 0 amide bonds. The Balaban J connectivity index is 2.15. The lowest BCUT2D eigenvalue weighted by Crippen LogP contribution is -2.21. The van der Waals surface area contributed by atoms with Crippen molar-refractivity contribution in [1.82, 2.24) is 19.9 Å². The SMILES string of the molecule is COc1cc(C)nc(-c2nc(C(F)(F)F)c(Oc3ccc(Cl)c(Cl)c3)c(=O)[nH]2)n1. The van der Waals surface area contributed by atoms with Gasteiger partial charge in [-0.05, 0) is 19.1 Å². The highest BCUT2D eigenvalue weighted by molar-refractivity contribution is 6.42. The van der Waals surface area contributed by atoms with Crippen molar-refractivity contribution in [2.45, 2.75) is 13.1 Å². The average Bonchev–Trinajstić information content (AvgIpc) is 2.64. The molecule has 12 heteroatoms. The van der Waals surface area contributed by atoms with Gasteiger partial charge >= 0.3 is 6.18 Å². The molecule has 1 N–H and O–H groups in total. The van der Waals surface area contributed by atoms with Crippen molar-refractivity contribution in [3.8, 4) is 29.0 Å². The summed E-state index contributed by atoms with van der Waals surface area (Å²) in [6, 6.07) is 5.21. The molecule has 0 atom stereocenters. The third-order valence-corrected chi connectivity index (χ3v) is 4.25. The van der Waals surface area contributed by atoms with Crippen molar-refractivity contribution in [2.24, 2.45) is 0 Å². The Labute approximate surface area is 171 Å². The number of aromatic nitrogens is 4. The first kappa shape index (κ1) is 20.9. The lowest BCUT2D eigenvalue weighted by Gasteiger charge is -2.13. The van der Waals surface area contributed by atoms with E-state index in [2.05, 4.69) is 19.9 Å². The van der Waals surface area contributed by atoms with E-state index in [0.29, 0.717) is 5.69 Å². The summed E-state index contributed by atoms with van der Waals surface area (Å²) in [4.78, 5) is 26.0. The fourth-order valence-corrected chi connectivity index (χ4v) is 2.55. The van der Waals surface area contributed by atoms with E-state index in [1.54, 1.807) is 6.92 Å². The smallest absolute Gasteiger partial charge is 0.437 e. The van der Waals surface area contributed by atoms with Crippen LogP contribution in [0, 0.1) is 6.92 Å². The summed E-state index contributed by atoms with van der Waals surface area (Å²) in [5, 5.41) is 0.210. The van der Waals surface area contributed by atoms with Crippen molar-refractivity contribution >= 4 is 23.2 Å². The molecule has 29 heavy (non-hydrogen) atoms. The van der Waals surface area contributed by atoms with Gasteiger partial charge in [-0.1, -0.05) is 23.2 Å². The summed E-state index contributed by atoms with van der Waals surface area (Å²) in [6.07, 6.45) is -5.00. The molecule has 0 saturated heterocycles. The quantitative estimate of drug-likeness (QED) is 0.626. The van der Waals surface area contributed by atoms with Gasteiger partial charge in [-0.15, -0.1) is 0 Å². The number of alkyl halides is 3. The number of H-pyrrole nitrogens is 1. The molecule has 0 spiro atoms. The molecule has 0 bridgehead atoms. The first-order chi connectivity index (χ1) is 13.6. The summed E-state index contributed by atoms with van der Waals surface area (Å²) >= 11 is 11.6. The minimum atomic E-state index is -5.00. The average molecular weight is 447 g/mol. The molecule has 0 fully saturated rings. The van der Waals surface area contributed by atoms with Gasteiger partial charge in [-0.25, -0.2) is 9.97 Å². The topological polar surface area (TPSA) is 90.0 Å². The minimum Gasteiger partial charge on any atom is -0.481 e. The van der Waals surface area contributed by atoms with Gasteiger partial charge in [0.25, 0.3) is 5.56 Å². The van der Waals surface area contributed by atoms with Gasteiger partial charge in [-0.2, -0.15) is 18.2 Å². The molecule has 3 aromatic rings. The number of halogens is 5. The van der Waals surface area contributed by atoms with E-state index in [-0.39, 0.29) is 27.5 Å². The third kappa shape index (κ3) is 4.60. The van der Waals surface area contributed by atoms with Crippen LogP contribution in [0.15, 0.2) is 29.1 Å². The molecule has 7 nitrogen and oxygen atoms in total.